The maximum Gasteiger partial charge on any atom is 0.223 e. The standard InChI is InChI=1S/C23H27N3OS/c1-25-12-5-8-21(25)16-26-13-9-19(10-14-26)23(27)24-22(20-11-15-28-17-20)18-6-3-2-4-7-18/h2-8,11-12,15,17,19,22H,9-10,13-14,16H2,1H3,(H,24,27). The summed E-state index contributed by atoms with van der Waals surface area (Å²) in [6, 6.07) is 16.5. The number of thiophene rings is 1. The van der Waals surface area contributed by atoms with Gasteiger partial charge in [0, 0.05) is 31.4 Å². The number of nitrogens with one attached hydrogen (secondary N) is 1. The van der Waals surface area contributed by atoms with Gasteiger partial charge in [0.15, 0.2) is 0 Å². The zero-order valence-corrected chi connectivity index (χ0v) is 17.1. The Morgan fingerprint density at radius 1 is 1.11 bits per heavy atom. The predicted molar refractivity (Wildman–Crippen MR) is 114 cm³/mol. The van der Waals surface area contributed by atoms with Crippen LogP contribution in [-0.2, 0) is 18.4 Å². The molecular weight excluding hydrogens is 366 g/mol. The van der Waals surface area contributed by atoms with Crippen LogP contribution in [0.15, 0.2) is 65.5 Å². The summed E-state index contributed by atoms with van der Waals surface area (Å²) >= 11 is 1.67. The van der Waals surface area contributed by atoms with Crippen molar-refractivity contribution in [3.05, 3.63) is 82.3 Å². The average molecular weight is 394 g/mol. The van der Waals surface area contributed by atoms with Gasteiger partial charge in [-0.2, -0.15) is 11.3 Å². The van der Waals surface area contributed by atoms with Crippen molar-refractivity contribution >= 4 is 17.2 Å². The van der Waals surface area contributed by atoms with Gasteiger partial charge in [0.25, 0.3) is 0 Å². The van der Waals surface area contributed by atoms with Crippen LogP contribution >= 0.6 is 11.3 Å². The van der Waals surface area contributed by atoms with Gasteiger partial charge in [0.1, 0.15) is 0 Å². The molecule has 1 saturated heterocycles. The summed E-state index contributed by atoms with van der Waals surface area (Å²) in [5, 5.41) is 7.51. The van der Waals surface area contributed by atoms with Crippen molar-refractivity contribution in [2.75, 3.05) is 13.1 Å². The first-order valence-corrected chi connectivity index (χ1v) is 10.8. The lowest BCUT2D eigenvalue weighted by molar-refractivity contribution is -0.127. The number of benzene rings is 1. The normalized spacial score (nSPS) is 16.8. The Kier molecular flexibility index (Phi) is 5.93. The van der Waals surface area contributed by atoms with Crippen LogP contribution in [0.3, 0.4) is 0 Å². The van der Waals surface area contributed by atoms with Gasteiger partial charge >= 0.3 is 0 Å². The van der Waals surface area contributed by atoms with Gasteiger partial charge in [-0.3, -0.25) is 9.69 Å². The summed E-state index contributed by atoms with van der Waals surface area (Å²) in [5.74, 6) is 0.271. The van der Waals surface area contributed by atoms with Gasteiger partial charge in [0.2, 0.25) is 5.91 Å². The fraction of sp³-hybridized carbons (Fsp3) is 0.348. The second-order valence-corrected chi connectivity index (χ2v) is 8.35. The van der Waals surface area contributed by atoms with Crippen LogP contribution in [0.5, 0.6) is 0 Å². The third kappa shape index (κ3) is 4.37. The molecule has 4 rings (SSSR count). The summed E-state index contributed by atoms with van der Waals surface area (Å²) in [6.45, 7) is 2.90. The molecule has 146 valence electrons. The molecule has 0 radical (unpaired) electrons. The molecule has 1 unspecified atom stereocenters. The van der Waals surface area contributed by atoms with Crippen molar-refractivity contribution in [2.45, 2.75) is 25.4 Å². The van der Waals surface area contributed by atoms with Crippen LogP contribution in [0.1, 0.15) is 35.7 Å². The molecule has 4 nitrogen and oxygen atoms in total. The molecule has 3 heterocycles. The molecule has 3 aromatic rings. The lowest BCUT2D eigenvalue weighted by Crippen LogP contribution is -2.41. The molecule has 1 aliphatic heterocycles. The van der Waals surface area contributed by atoms with Crippen molar-refractivity contribution in [3.63, 3.8) is 0 Å². The van der Waals surface area contributed by atoms with Crippen LogP contribution < -0.4 is 5.32 Å². The van der Waals surface area contributed by atoms with Crippen LogP contribution in [0, 0.1) is 5.92 Å². The molecule has 28 heavy (non-hydrogen) atoms. The topological polar surface area (TPSA) is 37.3 Å². The molecule has 0 saturated carbocycles. The SMILES string of the molecule is Cn1cccc1CN1CCC(C(=O)NC(c2ccccc2)c2ccsc2)CC1. The van der Waals surface area contributed by atoms with Gasteiger partial charge in [-0.1, -0.05) is 30.3 Å². The van der Waals surface area contributed by atoms with E-state index >= 15 is 0 Å². The largest absolute Gasteiger partial charge is 0.353 e. The fourth-order valence-electron chi connectivity index (χ4n) is 3.95. The minimum atomic E-state index is -0.0682. The minimum absolute atomic E-state index is 0.0682. The second-order valence-electron chi connectivity index (χ2n) is 7.57. The second kappa shape index (κ2) is 8.76. The highest BCUT2D eigenvalue weighted by Crippen LogP contribution is 2.26. The highest BCUT2D eigenvalue weighted by molar-refractivity contribution is 7.08. The van der Waals surface area contributed by atoms with Gasteiger partial charge in [-0.25, -0.2) is 0 Å². The van der Waals surface area contributed by atoms with Crippen molar-refractivity contribution in [3.8, 4) is 0 Å². The van der Waals surface area contributed by atoms with Crippen molar-refractivity contribution in [2.24, 2.45) is 13.0 Å². The number of rotatable bonds is 6. The average Bonchev–Trinajstić information content (AvgIpc) is 3.40. The maximum absolute atomic E-state index is 13.0. The third-order valence-electron chi connectivity index (χ3n) is 5.69. The van der Waals surface area contributed by atoms with E-state index in [9.17, 15) is 4.79 Å². The number of piperidine rings is 1. The number of carbonyl (C=O) groups is 1. The molecule has 1 aromatic carbocycles. The number of nitrogens with zero attached hydrogens (tertiary/aromatic N) is 2. The van der Waals surface area contributed by atoms with Crippen molar-refractivity contribution in [1.82, 2.24) is 14.8 Å². The molecule has 0 spiro atoms. The minimum Gasteiger partial charge on any atom is -0.353 e. The van der Waals surface area contributed by atoms with Crippen LogP contribution in [0.4, 0.5) is 0 Å². The predicted octanol–water partition coefficient (Wildman–Crippen LogP) is 4.20. The van der Waals surface area contributed by atoms with E-state index in [1.807, 2.05) is 18.2 Å². The number of aryl methyl sites for hydroxylation is 1. The Balaban J connectivity index is 1.37. The number of hydrogen-bond donors (Lipinski definition) is 1. The zero-order chi connectivity index (χ0) is 19.3. The smallest absolute Gasteiger partial charge is 0.223 e. The first-order chi connectivity index (χ1) is 13.7. The Labute approximate surface area is 170 Å². The fourth-order valence-corrected chi connectivity index (χ4v) is 4.63. The van der Waals surface area contributed by atoms with Crippen LogP contribution in [0.2, 0.25) is 0 Å². The molecule has 5 heteroatoms. The molecule has 0 bridgehead atoms. The molecule has 1 fully saturated rings. The number of likely N-dealkylation sites (tertiary alicyclic amines) is 1. The van der Waals surface area contributed by atoms with Gasteiger partial charge in [-0.05, 0) is 66.0 Å². The quantitative estimate of drug-likeness (QED) is 0.681. The van der Waals surface area contributed by atoms with E-state index in [0.717, 1.165) is 43.6 Å². The van der Waals surface area contributed by atoms with E-state index in [1.165, 1.54) is 5.69 Å². The van der Waals surface area contributed by atoms with Crippen LogP contribution in [-0.4, -0.2) is 28.5 Å². The van der Waals surface area contributed by atoms with Crippen LogP contribution in [0.25, 0.3) is 0 Å². The summed E-state index contributed by atoms with van der Waals surface area (Å²) in [6.07, 6.45) is 3.92. The van der Waals surface area contributed by atoms with Crippen molar-refractivity contribution < 1.29 is 4.79 Å². The summed E-state index contributed by atoms with van der Waals surface area (Å²) in [4.78, 5) is 15.5. The van der Waals surface area contributed by atoms with Gasteiger partial charge in [0.05, 0.1) is 6.04 Å². The van der Waals surface area contributed by atoms with E-state index in [-0.39, 0.29) is 17.9 Å². The first kappa shape index (κ1) is 19.0. The monoisotopic (exact) mass is 393 g/mol. The highest BCUT2D eigenvalue weighted by atomic mass is 32.1. The number of carbonyl (C=O) groups excluding carboxylic acids is 1. The number of amides is 1. The zero-order valence-electron chi connectivity index (χ0n) is 16.3. The lowest BCUT2D eigenvalue weighted by Gasteiger charge is -2.32. The molecule has 1 N–H and O–H groups in total. The molecule has 1 amide bonds. The van der Waals surface area contributed by atoms with Gasteiger partial charge in [-0.15, -0.1) is 0 Å². The Hall–Kier alpha value is -2.37. The first-order valence-electron chi connectivity index (χ1n) is 9.90. The summed E-state index contributed by atoms with van der Waals surface area (Å²) < 4.78 is 2.17. The van der Waals surface area contributed by atoms with Crippen molar-refractivity contribution in [1.29, 1.82) is 0 Å². The van der Waals surface area contributed by atoms with Gasteiger partial charge < -0.3 is 9.88 Å². The number of aromatic nitrogens is 1. The Morgan fingerprint density at radius 3 is 2.54 bits per heavy atom. The summed E-state index contributed by atoms with van der Waals surface area (Å²) in [5.41, 5.74) is 3.62. The van der Waals surface area contributed by atoms with E-state index in [2.05, 4.69) is 69.1 Å². The van der Waals surface area contributed by atoms with E-state index in [0.29, 0.717) is 0 Å². The van der Waals surface area contributed by atoms with E-state index in [4.69, 9.17) is 0 Å². The summed E-state index contributed by atoms with van der Waals surface area (Å²) in [7, 11) is 2.09. The van der Waals surface area contributed by atoms with E-state index in [1.54, 1.807) is 11.3 Å². The Morgan fingerprint density at radius 2 is 1.89 bits per heavy atom. The molecule has 2 aromatic heterocycles. The molecule has 0 aliphatic carbocycles. The third-order valence-corrected chi connectivity index (χ3v) is 6.39. The number of hydrogen-bond acceptors (Lipinski definition) is 3. The maximum atomic E-state index is 13.0. The molecule has 1 atom stereocenters. The van der Waals surface area contributed by atoms with E-state index < -0.39 is 0 Å². The Bertz CT molecular complexity index is 880. The molecular formula is C23H27N3OS. The lowest BCUT2D eigenvalue weighted by atomic mass is 9.94. The highest BCUT2D eigenvalue weighted by Gasteiger charge is 2.27. The molecule has 1 aliphatic rings.